The second kappa shape index (κ2) is 5.67. The van der Waals surface area contributed by atoms with E-state index >= 15 is 0 Å². The first-order chi connectivity index (χ1) is 8.72. The van der Waals surface area contributed by atoms with Gasteiger partial charge in [-0.25, -0.2) is 4.79 Å². The third kappa shape index (κ3) is 2.70. The second-order valence-corrected chi connectivity index (χ2v) is 4.40. The molecule has 1 heterocycles. The molecule has 1 aliphatic rings. The summed E-state index contributed by atoms with van der Waals surface area (Å²) in [7, 11) is 0. The smallest absolute Gasteiger partial charge is 0.339 e. The highest BCUT2D eigenvalue weighted by Crippen LogP contribution is 2.20. The zero-order chi connectivity index (χ0) is 13.0. The Morgan fingerprint density at radius 1 is 1.44 bits per heavy atom. The quantitative estimate of drug-likeness (QED) is 0.650. The first-order valence-electron chi connectivity index (χ1n) is 6.29. The molecule has 1 atom stereocenters. The minimum Gasteiger partial charge on any atom is -0.448 e. The van der Waals surface area contributed by atoms with E-state index in [4.69, 9.17) is 4.74 Å². The monoisotopic (exact) mass is 247 g/mol. The molecule has 0 bridgehead atoms. The highest BCUT2D eigenvalue weighted by Gasteiger charge is 2.30. The number of cyclic esters (lactones) is 1. The lowest BCUT2D eigenvalue weighted by molar-refractivity contribution is -0.130. The molecular weight excluding hydrogens is 230 g/mol. The van der Waals surface area contributed by atoms with Gasteiger partial charge in [-0.2, -0.15) is 0 Å². The van der Waals surface area contributed by atoms with Crippen LogP contribution < -0.4 is 5.32 Å². The fourth-order valence-electron chi connectivity index (χ4n) is 1.98. The molecular formula is C14H17NO3. The summed E-state index contributed by atoms with van der Waals surface area (Å²) in [6.45, 7) is 2.69. The van der Waals surface area contributed by atoms with Crippen molar-refractivity contribution in [3.8, 4) is 0 Å². The van der Waals surface area contributed by atoms with Crippen molar-refractivity contribution >= 4 is 11.9 Å². The average Bonchev–Trinajstić information content (AvgIpc) is 2.39. The van der Waals surface area contributed by atoms with E-state index in [-0.39, 0.29) is 5.91 Å². The van der Waals surface area contributed by atoms with Crippen molar-refractivity contribution in [3.05, 3.63) is 35.4 Å². The van der Waals surface area contributed by atoms with Gasteiger partial charge in [-0.3, -0.25) is 4.79 Å². The number of rotatable bonds is 4. The maximum absolute atomic E-state index is 11.8. The summed E-state index contributed by atoms with van der Waals surface area (Å²) in [4.78, 5) is 23.6. The molecule has 0 saturated carbocycles. The van der Waals surface area contributed by atoms with Crippen LogP contribution in [0, 0.1) is 0 Å². The lowest BCUT2D eigenvalue weighted by atomic mass is 9.98. The summed E-state index contributed by atoms with van der Waals surface area (Å²) in [5.41, 5.74) is 1.44. The van der Waals surface area contributed by atoms with Crippen LogP contribution >= 0.6 is 0 Å². The van der Waals surface area contributed by atoms with Crippen molar-refractivity contribution in [2.45, 2.75) is 32.3 Å². The Hall–Kier alpha value is -1.84. The van der Waals surface area contributed by atoms with Crippen LogP contribution in [0.2, 0.25) is 0 Å². The van der Waals surface area contributed by atoms with E-state index in [1.54, 1.807) is 12.1 Å². The molecule has 0 spiro atoms. The summed E-state index contributed by atoms with van der Waals surface area (Å²) in [5, 5.41) is 2.79. The molecule has 4 heteroatoms. The molecule has 1 N–H and O–H groups in total. The Bertz CT molecular complexity index is 456. The fraction of sp³-hybridized carbons (Fsp3) is 0.429. The van der Waals surface area contributed by atoms with Gasteiger partial charge in [0.15, 0.2) is 6.10 Å². The summed E-state index contributed by atoms with van der Waals surface area (Å²) in [5.74, 6) is -0.612. The largest absolute Gasteiger partial charge is 0.448 e. The van der Waals surface area contributed by atoms with Gasteiger partial charge in [0.25, 0.3) is 5.91 Å². The second-order valence-electron chi connectivity index (χ2n) is 4.40. The number of nitrogens with one attached hydrogen (secondary N) is 1. The highest BCUT2D eigenvalue weighted by atomic mass is 16.5. The number of carbonyl (C=O) groups excluding carboxylic acids is 2. The molecule has 1 aromatic carbocycles. The van der Waals surface area contributed by atoms with Gasteiger partial charge in [-0.05, 0) is 18.1 Å². The van der Waals surface area contributed by atoms with Crippen LogP contribution in [0.4, 0.5) is 0 Å². The number of hydrogen-bond acceptors (Lipinski definition) is 3. The van der Waals surface area contributed by atoms with Crippen LogP contribution in [0.5, 0.6) is 0 Å². The first-order valence-corrected chi connectivity index (χ1v) is 6.29. The maximum atomic E-state index is 11.8. The van der Waals surface area contributed by atoms with E-state index in [2.05, 4.69) is 12.2 Å². The number of hydrogen-bond donors (Lipinski definition) is 1. The van der Waals surface area contributed by atoms with Gasteiger partial charge in [0.05, 0.1) is 5.56 Å². The SMILES string of the molecule is CCCCNC(=O)C1Cc2ccccc2C(=O)O1. The summed E-state index contributed by atoms with van der Waals surface area (Å²) in [6.07, 6.45) is 1.72. The molecule has 1 unspecified atom stereocenters. The van der Waals surface area contributed by atoms with Gasteiger partial charge >= 0.3 is 5.97 Å². The number of amides is 1. The van der Waals surface area contributed by atoms with Gasteiger partial charge in [-0.1, -0.05) is 31.5 Å². The van der Waals surface area contributed by atoms with Crippen molar-refractivity contribution in [1.29, 1.82) is 0 Å². The van der Waals surface area contributed by atoms with E-state index < -0.39 is 12.1 Å². The Morgan fingerprint density at radius 2 is 2.22 bits per heavy atom. The van der Waals surface area contributed by atoms with E-state index in [1.807, 2.05) is 12.1 Å². The Balaban J connectivity index is 2.02. The number of benzene rings is 1. The molecule has 0 radical (unpaired) electrons. The highest BCUT2D eigenvalue weighted by molar-refractivity contribution is 5.95. The molecule has 1 aromatic rings. The summed E-state index contributed by atoms with van der Waals surface area (Å²) in [6, 6.07) is 7.25. The topological polar surface area (TPSA) is 55.4 Å². The molecule has 18 heavy (non-hydrogen) atoms. The average molecular weight is 247 g/mol. The third-order valence-electron chi connectivity index (χ3n) is 3.01. The van der Waals surface area contributed by atoms with Crippen LogP contribution in [-0.4, -0.2) is 24.5 Å². The number of ether oxygens (including phenoxy) is 1. The maximum Gasteiger partial charge on any atom is 0.339 e. The molecule has 0 aromatic heterocycles. The van der Waals surface area contributed by atoms with E-state index in [0.717, 1.165) is 18.4 Å². The standard InChI is InChI=1S/C14H17NO3/c1-2-3-8-15-13(16)12-9-10-6-4-5-7-11(10)14(17)18-12/h4-7,12H,2-3,8-9H2,1H3,(H,15,16). The zero-order valence-electron chi connectivity index (χ0n) is 10.4. The van der Waals surface area contributed by atoms with Crippen LogP contribution in [0.3, 0.4) is 0 Å². The van der Waals surface area contributed by atoms with Crippen LogP contribution in [0.15, 0.2) is 24.3 Å². The molecule has 0 fully saturated rings. The van der Waals surface area contributed by atoms with Crippen LogP contribution in [0.25, 0.3) is 0 Å². The third-order valence-corrected chi connectivity index (χ3v) is 3.01. The van der Waals surface area contributed by atoms with E-state index in [9.17, 15) is 9.59 Å². The Labute approximate surface area is 106 Å². The van der Waals surface area contributed by atoms with Crippen LogP contribution in [-0.2, 0) is 16.0 Å². The van der Waals surface area contributed by atoms with Crippen molar-refractivity contribution in [1.82, 2.24) is 5.32 Å². The molecule has 1 amide bonds. The molecule has 2 rings (SSSR count). The van der Waals surface area contributed by atoms with Crippen molar-refractivity contribution in [2.75, 3.05) is 6.54 Å². The number of fused-ring (bicyclic) bond motifs is 1. The van der Waals surface area contributed by atoms with Crippen molar-refractivity contribution in [3.63, 3.8) is 0 Å². The van der Waals surface area contributed by atoms with Gasteiger partial charge in [-0.15, -0.1) is 0 Å². The van der Waals surface area contributed by atoms with E-state index in [1.165, 1.54) is 0 Å². The normalized spacial score (nSPS) is 17.8. The van der Waals surface area contributed by atoms with Crippen LogP contribution in [0.1, 0.15) is 35.7 Å². The van der Waals surface area contributed by atoms with Gasteiger partial charge < -0.3 is 10.1 Å². The van der Waals surface area contributed by atoms with Gasteiger partial charge in [0.2, 0.25) is 0 Å². The molecule has 96 valence electrons. The minimum atomic E-state index is -0.691. The number of carbonyl (C=O) groups is 2. The lowest BCUT2D eigenvalue weighted by Gasteiger charge is -2.23. The van der Waals surface area contributed by atoms with Crippen molar-refractivity contribution < 1.29 is 14.3 Å². The summed E-state index contributed by atoms with van der Waals surface area (Å²) < 4.78 is 5.15. The minimum absolute atomic E-state index is 0.202. The number of esters is 1. The van der Waals surface area contributed by atoms with E-state index in [0.29, 0.717) is 18.5 Å². The first kappa shape index (κ1) is 12.6. The lowest BCUT2D eigenvalue weighted by Crippen LogP contribution is -2.42. The van der Waals surface area contributed by atoms with Crippen molar-refractivity contribution in [2.24, 2.45) is 0 Å². The summed E-state index contributed by atoms with van der Waals surface area (Å²) >= 11 is 0. The fourth-order valence-corrected chi connectivity index (χ4v) is 1.98. The molecule has 0 saturated heterocycles. The molecule has 1 aliphatic heterocycles. The molecule has 4 nitrogen and oxygen atoms in total. The molecule has 0 aliphatic carbocycles. The zero-order valence-corrected chi connectivity index (χ0v) is 10.4. The Kier molecular flexibility index (Phi) is 3.97. The predicted octanol–water partition coefficient (Wildman–Crippen LogP) is 1.68. The predicted molar refractivity (Wildman–Crippen MR) is 67.3 cm³/mol. The van der Waals surface area contributed by atoms with Gasteiger partial charge in [0.1, 0.15) is 0 Å². The number of unbranched alkanes of at least 4 members (excludes halogenated alkanes) is 1. The Morgan fingerprint density at radius 3 is 3.00 bits per heavy atom. The van der Waals surface area contributed by atoms with Gasteiger partial charge in [0, 0.05) is 13.0 Å².